The SMILES string of the molecule is CN(C)Cc1ccccc1C(=O)N1CC[C@@H](CS(N)(=O)=O)C1. The third-order valence-electron chi connectivity index (χ3n) is 3.78. The Balaban J connectivity index is 2.10. The van der Waals surface area contributed by atoms with Crippen LogP contribution in [-0.2, 0) is 16.6 Å². The quantitative estimate of drug-likeness (QED) is 0.854. The van der Waals surface area contributed by atoms with Crippen LogP contribution in [0.2, 0.25) is 0 Å². The number of hydrogen-bond acceptors (Lipinski definition) is 4. The second-order valence-electron chi connectivity index (χ2n) is 6.13. The smallest absolute Gasteiger partial charge is 0.254 e. The predicted molar refractivity (Wildman–Crippen MR) is 85.8 cm³/mol. The maximum absolute atomic E-state index is 12.7. The molecule has 0 aliphatic carbocycles. The second-order valence-corrected chi connectivity index (χ2v) is 7.79. The van der Waals surface area contributed by atoms with E-state index >= 15 is 0 Å². The molecule has 0 saturated carbocycles. The number of nitrogens with two attached hydrogens (primary N) is 1. The van der Waals surface area contributed by atoms with E-state index in [1.54, 1.807) is 4.90 Å². The lowest BCUT2D eigenvalue weighted by molar-refractivity contribution is 0.0786. The molecule has 1 heterocycles. The largest absolute Gasteiger partial charge is 0.338 e. The zero-order valence-electron chi connectivity index (χ0n) is 13.0. The summed E-state index contributed by atoms with van der Waals surface area (Å²) >= 11 is 0. The third-order valence-corrected chi connectivity index (χ3v) is 4.71. The normalized spacial score (nSPS) is 18.9. The number of nitrogens with zero attached hydrogens (tertiary/aromatic N) is 2. The first kappa shape index (κ1) is 16.9. The monoisotopic (exact) mass is 325 g/mol. The number of benzene rings is 1. The summed E-state index contributed by atoms with van der Waals surface area (Å²) in [4.78, 5) is 16.4. The van der Waals surface area contributed by atoms with E-state index < -0.39 is 10.0 Å². The van der Waals surface area contributed by atoms with Gasteiger partial charge in [-0.05, 0) is 38.1 Å². The number of hydrogen-bond donors (Lipinski definition) is 1. The average molecular weight is 325 g/mol. The minimum absolute atomic E-state index is 0.0330. The molecule has 22 heavy (non-hydrogen) atoms. The van der Waals surface area contributed by atoms with Gasteiger partial charge in [0.15, 0.2) is 0 Å². The maximum atomic E-state index is 12.7. The summed E-state index contributed by atoms with van der Waals surface area (Å²) in [5.41, 5.74) is 1.67. The van der Waals surface area contributed by atoms with Gasteiger partial charge in [0.1, 0.15) is 0 Å². The molecule has 0 spiro atoms. The lowest BCUT2D eigenvalue weighted by Gasteiger charge is -2.20. The molecule has 1 aliphatic heterocycles. The first-order chi connectivity index (χ1) is 10.3. The fraction of sp³-hybridized carbons (Fsp3) is 0.533. The van der Waals surface area contributed by atoms with Crippen molar-refractivity contribution in [2.24, 2.45) is 11.1 Å². The van der Waals surface area contributed by atoms with Gasteiger partial charge >= 0.3 is 0 Å². The molecule has 1 atom stereocenters. The van der Waals surface area contributed by atoms with Crippen LogP contribution in [-0.4, -0.2) is 57.1 Å². The van der Waals surface area contributed by atoms with E-state index in [0.717, 1.165) is 5.56 Å². The van der Waals surface area contributed by atoms with Crippen LogP contribution in [0.3, 0.4) is 0 Å². The van der Waals surface area contributed by atoms with Gasteiger partial charge in [-0.3, -0.25) is 4.79 Å². The molecular formula is C15H23N3O3S. The minimum Gasteiger partial charge on any atom is -0.338 e. The van der Waals surface area contributed by atoms with Crippen molar-refractivity contribution in [1.29, 1.82) is 0 Å². The third kappa shape index (κ3) is 4.53. The number of carbonyl (C=O) groups excluding carboxylic acids is 1. The van der Waals surface area contributed by atoms with Crippen molar-refractivity contribution in [3.05, 3.63) is 35.4 Å². The van der Waals surface area contributed by atoms with Crippen molar-refractivity contribution in [2.45, 2.75) is 13.0 Å². The van der Waals surface area contributed by atoms with E-state index in [1.807, 2.05) is 43.3 Å². The van der Waals surface area contributed by atoms with Crippen molar-refractivity contribution in [3.8, 4) is 0 Å². The van der Waals surface area contributed by atoms with Crippen molar-refractivity contribution < 1.29 is 13.2 Å². The van der Waals surface area contributed by atoms with Crippen molar-refractivity contribution in [3.63, 3.8) is 0 Å². The minimum atomic E-state index is -3.49. The molecular weight excluding hydrogens is 302 g/mol. The lowest BCUT2D eigenvalue weighted by Crippen LogP contribution is -2.31. The molecule has 1 amide bonds. The number of primary sulfonamides is 1. The van der Waals surface area contributed by atoms with Crippen molar-refractivity contribution in [2.75, 3.05) is 32.9 Å². The van der Waals surface area contributed by atoms with Gasteiger partial charge in [0, 0.05) is 25.2 Å². The van der Waals surface area contributed by atoms with Crippen LogP contribution >= 0.6 is 0 Å². The molecule has 2 N–H and O–H groups in total. The molecule has 1 aromatic rings. The lowest BCUT2D eigenvalue weighted by atomic mass is 10.1. The Hall–Kier alpha value is -1.44. The number of rotatable bonds is 5. The van der Waals surface area contributed by atoms with Crippen LogP contribution in [0.1, 0.15) is 22.3 Å². The molecule has 2 rings (SSSR count). The molecule has 0 bridgehead atoms. The molecule has 1 fully saturated rings. The summed E-state index contributed by atoms with van der Waals surface area (Å²) < 4.78 is 22.4. The fourth-order valence-corrected chi connectivity index (χ4v) is 3.79. The zero-order valence-corrected chi connectivity index (χ0v) is 13.8. The highest BCUT2D eigenvalue weighted by molar-refractivity contribution is 7.89. The first-order valence-electron chi connectivity index (χ1n) is 7.28. The van der Waals surface area contributed by atoms with Gasteiger partial charge in [0.25, 0.3) is 5.91 Å². The Labute approximate surface area is 131 Å². The number of carbonyl (C=O) groups is 1. The van der Waals surface area contributed by atoms with Gasteiger partial charge in [0.05, 0.1) is 5.75 Å². The number of likely N-dealkylation sites (tertiary alicyclic amines) is 1. The highest BCUT2D eigenvalue weighted by Gasteiger charge is 2.30. The molecule has 122 valence electrons. The Morgan fingerprint density at radius 1 is 1.36 bits per heavy atom. The molecule has 0 unspecified atom stereocenters. The van der Waals surface area contributed by atoms with Gasteiger partial charge in [-0.1, -0.05) is 18.2 Å². The van der Waals surface area contributed by atoms with E-state index in [-0.39, 0.29) is 17.6 Å². The molecule has 1 saturated heterocycles. The predicted octanol–water partition coefficient (Wildman–Crippen LogP) is 0.499. The maximum Gasteiger partial charge on any atom is 0.254 e. The molecule has 6 nitrogen and oxygen atoms in total. The van der Waals surface area contributed by atoms with E-state index in [4.69, 9.17) is 5.14 Å². The summed E-state index contributed by atoms with van der Waals surface area (Å²) in [6.07, 6.45) is 0.679. The van der Waals surface area contributed by atoms with Gasteiger partial charge in [-0.2, -0.15) is 0 Å². The highest BCUT2D eigenvalue weighted by atomic mass is 32.2. The van der Waals surface area contributed by atoms with E-state index in [1.165, 1.54) is 0 Å². The van der Waals surface area contributed by atoms with Crippen LogP contribution in [0, 0.1) is 5.92 Å². The first-order valence-corrected chi connectivity index (χ1v) is 9.00. The van der Waals surface area contributed by atoms with Gasteiger partial charge < -0.3 is 9.80 Å². The molecule has 0 radical (unpaired) electrons. The van der Waals surface area contributed by atoms with Crippen molar-refractivity contribution >= 4 is 15.9 Å². The number of sulfonamides is 1. The molecule has 7 heteroatoms. The Morgan fingerprint density at radius 3 is 2.68 bits per heavy atom. The summed E-state index contributed by atoms with van der Waals surface area (Å²) in [5, 5.41) is 5.09. The molecule has 1 aliphatic rings. The summed E-state index contributed by atoms with van der Waals surface area (Å²) in [5.74, 6) is -0.162. The average Bonchev–Trinajstić information content (AvgIpc) is 2.84. The summed E-state index contributed by atoms with van der Waals surface area (Å²) in [6.45, 7) is 1.72. The van der Waals surface area contributed by atoms with E-state index in [9.17, 15) is 13.2 Å². The van der Waals surface area contributed by atoms with Crippen LogP contribution < -0.4 is 5.14 Å². The zero-order chi connectivity index (χ0) is 16.3. The van der Waals surface area contributed by atoms with Gasteiger partial charge in [-0.15, -0.1) is 0 Å². The van der Waals surface area contributed by atoms with Crippen LogP contribution in [0.15, 0.2) is 24.3 Å². The van der Waals surface area contributed by atoms with E-state index in [2.05, 4.69) is 0 Å². The molecule has 0 aromatic heterocycles. The van der Waals surface area contributed by atoms with Crippen molar-refractivity contribution in [1.82, 2.24) is 9.80 Å². The standard InChI is InChI=1S/C15H23N3O3S/c1-17(2)10-13-5-3-4-6-14(13)15(19)18-8-7-12(9-18)11-22(16,20)21/h3-6,12H,7-11H2,1-2H3,(H2,16,20,21)/t12-/m1/s1. The topological polar surface area (TPSA) is 83.7 Å². The van der Waals surface area contributed by atoms with E-state index in [0.29, 0.717) is 31.6 Å². The van der Waals surface area contributed by atoms with Crippen LogP contribution in [0.4, 0.5) is 0 Å². The second kappa shape index (κ2) is 6.76. The molecule has 1 aromatic carbocycles. The Bertz CT molecular complexity index is 643. The summed E-state index contributed by atoms with van der Waals surface area (Å²) in [6, 6.07) is 7.55. The Morgan fingerprint density at radius 2 is 2.05 bits per heavy atom. The van der Waals surface area contributed by atoms with Gasteiger partial charge in [0.2, 0.25) is 10.0 Å². The fourth-order valence-electron chi connectivity index (χ4n) is 2.86. The number of amides is 1. The van der Waals surface area contributed by atoms with Crippen LogP contribution in [0.25, 0.3) is 0 Å². The van der Waals surface area contributed by atoms with Crippen LogP contribution in [0.5, 0.6) is 0 Å². The summed E-state index contributed by atoms with van der Waals surface area (Å²) in [7, 11) is 0.425. The Kier molecular flexibility index (Phi) is 5.20. The van der Waals surface area contributed by atoms with Gasteiger partial charge in [-0.25, -0.2) is 13.6 Å². The highest BCUT2D eigenvalue weighted by Crippen LogP contribution is 2.21.